The summed E-state index contributed by atoms with van der Waals surface area (Å²) in [7, 11) is -1.85. The van der Waals surface area contributed by atoms with Crippen LogP contribution in [0.4, 0.5) is 5.82 Å². The Labute approximate surface area is 160 Å². The third kappa shape index (κ3) is 4.64. The predicted octanol–water partition coefficient (Wildman–Crippen LogP) is 3.10. The number of hydrogen-bond donors (Lipinski definition) is 1. The molecule has 1 saturated heterocycles. The van der Waals surface area contributed by atoms with E-state index >= 15 is 0 Å². The first-order chi connectivity index (χ1) is 13.0. The van der Waals surface area contributed by atoms with Gasteiger partial charge < -0.3 is 4.74 Å². The summed E-state index contributed by atoms with van der Waals surface area (Å²) in [6.45, 7) is 3.02. The first-order valence-electron chi connectivity index (χ1n) is 8.91. The van der Waals surface area contributed by atoms with Crippen LogP contribution in [0.1, 0.15) is 31.7 Å². The fraction of sp³-hybridized carbons (Fsp3) is 0.368. The largest absolute Gasteiger partial charge is 0.497 e. The number of pyridine rings is 1. The highest BCUT2D eigenvalue weighted by Gasteiger charge is 2.26. The van der Waals surface area contributed by atoms with Gasteiger partial charge in [0.05, 0.1) is 12.8 Å². The molecule has 1 aliphatic rings. The second-order valence-corrected chi connectivity index (χ2v) is 8.32. The van der Waals surface area contributed by atoms with E-state index in [9.17, 15) is 8.42 Å². The van der Waals surface area contributed by atoms with Gasteiger partial charge in [-0.25, -0.2) is 13.4 Å². The summed E-state index contributed by atoms with van der Waals surface area (Å²) in [5, 5.41) is 4.31. The van der Waals surface area contributed by atoms with Crippen LogP contribution in [0.25, 0.3) is 0 Å². The molecule has 1 aliphatic heterocycles. The summed E-state index contributed by atoms with van der Waals surface area (Å²) in [5.74, 6) is 1.24. The van der Waals surface area contributed by atoms with E-state index in [1.165, 1.54) is 10.5 Å². The molecule has 0 radical (unpaired) electrons. The number of anilines is 1. The van der Waals surface area contributed by atoms with Gasteiger partial charge in [0, 0.05) is 24.8 Å². The number of ether oxygens (including phenoxy) is 1. The standard InChI is InChI=1S/C19H24N4O3S/c1-15(16-7-6-8-17(13-16)26-2)21-22-19-10-9-18(14-20-19)27(24,25)23-11-4-3-5-12-23/h6-10,13-14H,3-5,11-12H2,1-2H3,(H,20,22)/b21-15+. The fourth-order valence-corrected chi connectivity index (χ4v) is 4.37. The summed E-state index contributed by atoms with van der Waals surface area (Å²) < 4.78 is 32.0. The molecule has 0 spiro atoms. The molecule has 8 heteroatoms. The van der Waals surface area contributed by atoms with Crippen LogP contribution in [0.15, 0.2) is 52.6 Å². The van der Waals surface area contributed by atoms with Crippen molar-refractivity contribution in [3.8, 4) is 5.75 Å². The number of aromatic nitrogens is 1. The first-order valence-corrected chi connectivity index (χ1v) is 10.4. The van der Waals surface area contributed by atoms with Crippen LogP contribution in [0.5, 0.6) is 5.75 Å². The molecule has 7 nitrogen and oxygen atoms in total. The van der Waals surface area contributed by atoms with E-state index < -0.39 is 10.0 Å². The van der Waals surface area contributed by atoms with Crippen LogP contribution in [-0.4, -0.2) is 43.6 Å². The van der Waals surface area contributed by atoms with Crippen molar-refractivity contribution in [3.05, 3.63) is 48.2 Å². The molecule has 0 amide bonds. The number of sulfonamides is 1. The lowest BCUT2D eigenvalue weighted by molar-refractivity contribution is 0.346. The van der Waals surface area contributed by atoms with Crippen molar-refractivity contribution < 1.29 is 13.2 Å². The molecule has 0 bridgehead atoms. The van der Waals surface area contributed by atoms with Crippen LogP contribution in [0, 0.1) is 0 Å². The van der Waals surface area contributed by atoms with E-state index in [0.29, 0.717) is 18.9 Å². The Kier molecular flexibility index (Phi) is 6.08. The highest BCUT2D eigenvalue weighted by Crippen LogP contribution is 2.21. The molecule has 1 aromatic carbocycles. The van der Waals surface area contributed by atoms with E-state index in [1.807, 2.05) is 31.2 Å². The van der Waals surface area contributed by atoms with E-state index in [1.54, 1.807) is 19.2 Å². The van der Waals surface area contributed by atoms with Gasteiger partial charge in [-0.2, -0.15) is 9.41 Å². The van der Waals surface area contributed by atoms with Crippen molar-refractivity contribution in [2.45, 2.75) is 31.1 Å². The highest BCUT2D eigenvalue weighted by atomic mass is 32.2. The number of methoxy groups -OCH3 is 1. The first kappa shape index (κ1) is 19.3. The maximum Gasteiger partial charge on any atom is 0.244 e. The molecule has 2 heterocycles. The summed E-state index contributed by atoms with van der Waals surface area (Å²) in [6, 6.07) is 10.8. The topological polar surface area (TPSA) is 83.9 Å². The Morgan fingerprint density at radius 2 is 1.96 bits per heavy atom. The van der Waals surface area contributed by atoms with Gasteiger partial charge in [0.25, 0.3) is 0 Å². The van der Waals surface area contributed by atoms with Crippen LogP contribution in [0.2, 0.25) is 0 Å². The van der Waals surface area contributed by atoms with Crippen molar-refractivity contribution in [2.24, 2.45) is 5.10 Å². The smallest absolute Gasteiger partial charge is 0.244 e. The number of hydrazone groups is 1. The molecule has 1 aromatic heterocycles. The monoisotopic (exact) mass is 388 g/mol. The molecule has 1 N–H and O–H groups in total. The number of nitrogens with one attached hydrogen (secondary N) is 1. The van der Waals surface area contributed by atoms with E-state index in [2.05, 4.69) is 15.5 Å². The Bertz CT molecular complexity index is 905. The Morgan fingerprint density at radius 1 is 1.19 bits per heavy atom. The molecule has 2 aromatic rings. The van der Waals surface area contributed by atoms with Crippen molar-refractivity contribution >= 4 is 21.6 Å². The Morgan fingerprint density at radius 3 is 2.63 bits per heavy atom. The molecule has 3 rings (SSSR count). The molecule has 0 saturated carbocycles. The summed E-state index contributed by atoms with van der Waals surface area (Å²) >= 11 is 0. The summed E-state index contributed by atoms with van der Waals surface area (Å²) in [5.41, 5.74) is 4.55. The number of nitrogens with zero attached hydrogens (tertiary/aromatic N) is 3. The summed E-state index contributed by atoms with van der Waals surface area (Å²) in [4.78, 5) is 4.40. The van der Waals surface area contributed by atoms with Crippen LogP contribution in [-0.2, 0) is 10.0 Å². The van der Waals surface area contributed by atoms with Gasteiger partial charge in [0.1, 0.15) is 16.5 Å². The van der Waals surface area contributed by atoms with E-state index in [4.69, 9.17) is 4.74 Å². The zero-order valence-corrected chi connectivity index (χ0v) is 16.4. The number of piperidine rings is 1. The molecule has 0 atom stereocenters. The molecular formula is C19H24N4O3S. The fourth-order valence-electron chi connectivity index (χ4n) is 2.91. The van der Waals surface area contributed by atoms with E-state index in [-0.39, 0.29) is 4.90 Å². The second kappa shape index (κ2) is 8.49. The lowest BCUT2D eigenvalue weighted by Gasteiger charge is -2.25. The van der Waals surface area contributed by atoms with Crippen molar-refractivity contribution in [1.82, 2.24) is 9.29 Å². The van der Waals surface area contributed by atoms with Gasteiger partial charge >= 0.3 is 0 Å². The lowest BCUT2D eigenvalue weighted by atomic mass is 10.1. The Hall–Kier alpha value is -2.45. The molecule has 0 unspecified atom stereocenters. The molecule has 0 aliphatic carbocycles. The lowest BCUT2D eigenvalue weighted by Crippen LogP contribution is -2.35. The minimum absolute atomic E-state index is 0.212. The quantitative estimate of drug-likeness (QED) is 0.607. The second-order valence-electron chi connectivity index (χ2n) is 6.38. The van der Waals surface area contributed by atoms with Gasteiger partial charge in [0.15, 0.2) is 0 Å². The molecule has 27 heavy (non-hydrogen) atoms. The van der Waals surface area contributed by atoms with Crippen molar-refractivity contribution in [2.75, 3.05) is 25.6 Å². The molecular weight excluding hydrogens is 364 g/mol. The molecule has 144 valence electrons. The Balaban J connectivity index is 1.70. The van der Waals surface area contributed by atoms with Gasteiger partial charge in [0.2, 0.25) is 10.0 Å². The third-order valence-corrected chi connectivity index (χ3v) is 6.40. The summed E-state index contributed by atoms with van der Waals surface area (Å²) in [6.07, 6.45) is 4.27. The van der Waals surface area contributed by atoms with E-state index in [0.717, 1.165) is 36.3 Å². The van der Waals surface area contributed by atoms with Crippen LogP contribution in [0.3, 0.4) is 0 Å². The van der Waals surface area contributed by atoms with Gasteiger partial charge in [-0.1, -0.05) is 18.6 Å². The van der Waals surface area contributed by atoms with Gasteiger partial charge in [-0.3, -0.25) is 5.43 Å². The SMILES string of the molecule is COc1cccc(/C(C)=N/Nc2ccc(S(=O)(=O)N3CCCCC3)cn2)c1. The minimum Gasteiger partial charge on any atom is -0.497 e. The normalized spacial score (nSPS) is 16.1. The maximum absolute atomic E-state index is 12.6. The number of benzene rings is 1. The number of hydrogen-bond acceptors (Lipinski definition) is 6. The third-order valence-electron chi connectivity index (χ3n) is 4.51. The van der Waals surface area contributed by atoms with Gasteiger partial charge in [-0.15, -0.1) is 0 Å². The highest BCUT2D eigenvalue weighted by molar-refractivity contribution is 7.89. The zero-order valence-electron chi connectivity index (χ0n) is 15.6. The average Bonchev–Trinajstić information content (AvgIpc) is 2.73. The van der Waals surface area contributed by atoms with Crippen LogP contribution < -0.4 is 10.2 Å². The van der Waals surface area contributed by atoms with Crippen molar-refractivity contribution in [3.63, 3.8) is 0 Å². The number of rotatable bonds is 6. The zero-order chi connectivity index (χ0) is 19.3. The van der Waals surface area contributed by atoms with Gasteiger partial charge in [-0.05, 0) is 44.0 Å². The molecule has 1 fully saturated rings. The predicted molar refractivity (Wildman–Crippen MR) is 106 cm³/mol. The van der Waals surface area contributed by atoms with Crippen molar-refractivity contribution in [1.29, 1.82) is 0 Å². The average molecular weight is 388 g/mol. The van der Waals surface area contributed by atoms with Crippen LogP contribution >= 0.6 is 0 Å². The minimum atomic E-state index is -3.47. The maximum atomic E-state index is 12.6.